The number of hydrogen-bond acceptors (Lipinski definition) is 4. The molecule has 7 heteroatoms. The Bertz CT molecular complexity index is 714. The molecule has 1 heterocycles. The van der Waals surface area contributed by atoms with Gasteiger partial charge < -0.3 is 20.1 Å². The van der Waals surface area contributed by atoms with E-state index in [4.69, 9.17) is 9.84 Å². The number of nitrogens with one attached hydrogen (secondary N) is 1. The average molecular weight is 362 g/mol. The summed E-state index contributed by atoms with van der Waals surface area (Å²) >= 11 is 0. The highest BCUT2D eigenvalue weighted by Gasteiger charge is 2.36. The number of anilines is 1. The van der Waals surface area contributed by atoms with Crippen LogP contribution in [0, 0.1) is 18.3 Å². The summed E-state index contributed by atoms with van der Waals surface area (Å²) in [6.07, 6.45) is 0.454. The molecular formula is C19H26N2O5. The van der Waals surface area contributed by atoms with Gasteiger partial charge in [0.15, 0.2) is 0 Å². The molecule has 142 valence electrons. The number of rotatable bonds is 7. The second kappa shape index (κ2) is 7.76. The van der Waals surface area contributed by atoms with Crippen molar-refractivity contribution in [1.29, 1.82) is 0 Å². The fourth-order valence-electron chi connectivity index (χ4n) is 2.88. The van der Waals surface area contributed by atoms with Gasteiger partial charge in [-0.2, -0.15) is 0 Å². The number of hydrogen-bond donors (Lipinski definition) is 2. The number of nitrogens with zero attached hydrogens (tertiary/aromatic N) is 1. The van der Waals surface area contributed by atoms with Crippen LogP contribution in [0.4, 0.5) is 5.69 Å². The Labute approximate surface area is 153 Å². The first kappa shape index (κ1) is 19.8. The molecular weight excluding hydrogens is 336 g/mol. The third kappa shape index (κ3) is 4.33. The quantitative estimate of drug-likeness (QED) is 0.773. The molecule has 1 atom stereocenters. The Balaban J connectivity index is 2.00. The molecule has 1 saturated heterocycles. The molecule has 0 spiro atoms. The summed E-state index contributed by atoms with van der Waals surface area (Å²) in [5.41, 5.74) is 0.761. The summed E-state index contributed by atoms with van der Waals surface area (Å²) in [6.45, 7) is 5.71. The van der Waals surface area contributed by atoms with Crippen LogP contribution in [0.2, 0.25) is 0 Å². The predicted molar refractivity (Wildman–Crippen MR) is 97.2 cm³/mol. The summed E-state index contributed by atoms with van der Waals surface area (Å²) in [7, 11) is 1.54. The van der Waals surface area contributed by atoms with Crippen molar-refractivity contribution in [1.82, 2.24) is 5.32 Å². The van der Waals surface area contributed by atoms with E-state index in [1.807, 2.05) is 19.1 Å². The minimum Gasteiger partial charge on any atom is -0.495 e. The number of aryl methyl sites for hydroxylation is 1. The summed E-state index contributed by atoms with van der Waals surface area (Å²) in [6, 6.07) is 5.57. The molecule has 2 N–H and O–H groups in total. The highest BCUT2D eigenvalue weighted by atomic mass is 16.5. The lowest BCUT2D eigenvalue weighted by atomic mass is 9.89. The lowest BCUT2D eigenvalue weighted by Crippen LogP contribution is -2.36. The van der Waals surface area contributed by atoms with Crippen LogP contribution in [0.1, 0.15) is 32.3 Å². The Morgan fingerprint density at radius 2 is 2.08 bits per heavy atom. The van der Waals surface area contributed by atoms with E-state index < -0.39 is 17.3 Å². The van der Waals surface area contributed by atoms with Crippen molar-refractivity contribution in [3.63, 3.8) is 0 Å². The number of aliphatic carboxylic acids is 1. The zero-order valence-electron chi connectivity index (χ0n) is 15.7. The molecule has 0 aliphatic carbocycles. The van der Waals surface area contributed by atoms with Gasteiger partial charge in [0.25, 0.3) is 0 Å². The highest BCUT2D eigenvalue weighted by molar-refractivity contribution is 6.01. The summed E-state index contributed by atoms with van der Waals surface area (Å²) in [4.78, 5) is 37.5. The van der Waals surface area contributed by atoms with Crippen molar-refractivity contribution < 1.29 is 24.2 Å². The molecule has 1 aliphatic rings. The van der Waals surface area contributed by atoms with Crippen molar-refractivity contribution in [2.24, 2.45) is 11.3 Å². The largest absolute Gasteiger partial charge is 0.495 e. The third-order valence-corrected chi connectivity index (χ3v) is 4.75. The van der Waals surface area contributed by atoms with E-state index in [0.717, 1.165) is 5.56 Å². The molecule has 0 saturated carbocycles. The maximum Gasteiger partial charge on any atom is 0.309 e. The monoisotopic (exact) mass is 362 g/mol. The van der Waals surface area contributed by atoms with Crippen LogP contribution in [0.25, 0.3) is 0 Å². The van der Waals surface area contributed by atoms with Crippen LogP contribution in [0.15, 0.2) is 18.2 Å². The minimum absolute atomic E-state index is 0.125. The van der Waals surface area contributed by atoms with Crippen LogP contribution in [0.5, 0.6) is 5.75 Å². The maximum absolute atomic E-state index is 12.4. The zero-order valence-corrected chi connectivity index (χ0v) is 15.7. The first-order chi connectivity index (χ1) is 12.2. The molecule has 0 radical (unpaired) electrons. The SMILES string of the molecule is COc1ccc(C)cc1N1CC(C(=O)NCCC(C)(C)C(=O)O)CC1=O. The van der Waals surface area contributed by atoms with E-state index in [2.05, 4.69) is 5.32 Å². The van der Waals surface area contributed by atoms with Gasteiger partial charge in [-0.15, -0.1) is 0 Å². The van der Waals surface area contributed by atoms with E-state index >= 15 is 0 Å². The van der Waals surface area contributed by atoms with Gasteiger partial charge in [0.1, 0.15) is 5.75 Å². The number of carbonyl (C=O) groups is 3. The topological polar surface area (TPSA) is 95.9 Å². The van der Waals surface area contributed by atoms with Crippen molar-refractivity contribution in [2.45, 2.75) is 33.6 Å². The number of amides is 2. The fraction of sp³-hybridized carbons (Fsp3) is 0.526. The number of carboxylic acid groups (broad SMARTS) is 1. The number of benzene rings is 1. The van der Waals surface area contributed by atoms with Crippen LogP contribution < -0.4 is 15.0 Å². The van der Waals surface area contributed by atoms with Crippen LogP contribution in [-0.4, -0.2) is 43.1 Å². The molecule has 1 unspecified atom stereocenters. The average Bonchev–Trinajstić information content (AvgIpc) is 2.96. The van der Waals surface area contributed by atoms with Crippen molar-refractivity contribution in [2.75, 3.05) is 25.1 Å². The maximum atomic E-state index is 12.4. The van der Waals surface area contributed by atoms with E-state index in [-0.39, 0.29) is 31.3 Å². The van der Waals surface area contributed by atoms with Gasteiger partial charge in [0.2, 0.25) is 11.8 Å². The van der Waals surface area contributed by atoms with Crippen LogP contribution in [-0.2, 0) is 14.4 Å². The summed E-state index contributed by atoms with van der Waals surface area (Å²) in [5, 5.41) is 11.9. The van der Waals surface area contributed by atoms with Crippen molar-refractivity contribution in [3.8, 4) is 5.75 Å². The Hall–Kier alpha value is -2.57. The van der Waals surface area contributed by atoms with E-state index in [1.54, 1.807) is 31.9 Å². The Kier molecular flexibility index (Phi) is 5.90. The summed E-state index contributed by atoms with van der Waals surface area (Å²) in [5.74, 6) is -1.12. The Morgan fingerprint density at radius 1 is 1.38 bits per heavy atom. The van der Waals surface area contributed by atoms with Crippen molar-refractivity contribution >= 4 is 23.5 Å². The van der Waals surface area contributed by atoms with E-state index in [9.17, 15) is 14.4 Å². The lowest BCUT2D eigenvalue weighted by Gasteiger charge is -2.21. The molecule has 2 rings (SSSR count). The number of carboxylic acids is 1. The van der Waals surface area contributed by atoms with Gasteiger partial charge in [-0.05, 0) is 44.9 Å². The summed E-state index contributed by atoms with van der Waals surface area (Å²) < 4.78 is 5.33. The van der Waals surface area contributed by atoms with Gasteiger partial charge in [-0.1, -0.05) is 6.07 Å². The second-order valence-electron chi connectivity index (χ2n) is 7.31. The number of carbonyl (C=O) groups excluding carboxylic acids is 2. The fourth-order valence-corrected chi connectivity index (χ4v) is 2.88. The molecule has 7 nitrogen and oxygen atoms in total. The standard InChI is InChI=1S/C19H26N2O5/c1-12-5-6-15(26-4)14(9-12)21-11-13(10-16(21)22)17(23)20-8-7-19(2,3)18(24)25/h5-6,9,13H,7-8,10-11H2,1-4H3,(H,20,23)(H,24,25). The molecule has 1 aromatic carbocycles. The van der Waals surface area contributed by atoms with Crippen LogP contribution >= 0.6 is 0 Å². The van der Waals surface area contributed by atoms with Crippen LogP contribution in [0.3, 0.4) is 0 Å². The zero-order chi connectivity index (χ0) is 19.5. The molecule has 2 amide bonds. The van der Waals surface area contributed by atoms with Gasteiger partial charge in [-0.25, -0.2) is 0 Å². The van der Waals surface area contributed by atoms with Crippen molar-refractivity contribution in [3.05, 3.63) is 23.8 Å². The number of ether oxygens (including phenoxy) is 1. The lowest BCUT2D eigenvalue weighted by molar-refractivity contribution is -0.147. The highest BCUT2D eigenvalue weighted by Crippen LogP contribution is 2.34. The van der Waals surface area contributed by atoms with Gasteiger partial charge >= 0.3 is 5.97 Å². The number of methoxy groups -OCH3 is 1. The van der Waals surface area contributed by atoms with Gasteiger partial charge in [-0.3, -0.25) is 14.4 Å². The molecule has 0 aromatic heterocycles. The smallest absolute Gasteiger partial charge is 0.309 e. The third-order valence-electron chi connectivity index (χ3n) is 4.75. The Morgan fingerprint density at radius 3 is 2.69 bits per heavy atom. The molecule has 1 fully saturated rings. The normalized spacial score (nSPS) is 17.3. The van der Waals surface area contributed by atoms with Gasteiger partial charge in [0.05, 0.1) is 24.1 Å². The van der Waals surface area contributed by atoms with Gasteiger partial charge in [0, 0.05) is 19.5 Å². The molecule has 0 bridgehead atoms. The van der Waals surface area contributed by atoms with E-state index in [0.29, 0.717) is 17.9 Å². The first-order valence-corrected chi connectivity index (χ1v) is 8.62. The first-order valence-electron chi connectivity index (χ1n) is 8.62. The molecule has 1 aromatic rings. The predicted octanol–water partition coefficient (Wildman–Crippen LogP) is 1.97. The molecule has 1 aliphatic heterocycles. The minimum atomic E-state index is -0.903. The second-order valence-corrected chi connectivity index (χ2v) is 7.31. The van der Waals surface area contributed by atoms with E-state index in [1.165, 1.54) is 0 Å². The molecule has 26 heavy (non-hydrogen) atoms.